The number of nitrogens with zero attached hydrogens (tertiary/aromatic N) is 2. The Morgan fingerprint density at radius 1 is 1.10 bits per heavy atom. The number of nitrogen functional groups attached to an aromatic ring is 1. The van der Waals surface area contributed by atoms with Gasteiger partial charge in [0.25, 0.3) is 0 Å². The van der Waals surface area contributed by atoms with Crippen LogP contribution in [-0.4, -0.2) is 17.1 Å². The van der Waals surface area contributed by atoms with E-state index in [1.165, 1.54) is 0 Å². The van der Waals surface area contributed by atoms with Crippen LogP contribution in [0.25, 0.3) is 11.4 Å². The standard InChI is InChI=1S/C16H21N3O/c1-10-6-14(20-5)13(16(2,3)4)7-12(10)15-18-8-11(17)9-19-15/h6-9H,17H2,1-5H3. The Hall–Kier alpha value is -2.10. The number of aromatic nitrogens is 2. The maximum Gasteiger partial charge on any atom is 0.159 e. The second-order valence-corrected chi connectivity index (χ2v) is 5.96. The summed E-state index contributed by atoms with van der Waals surface area (Å²) in [5.74, 6) is 1.58. The van der Waals surface area contributed by atoms with Crippen molar-refractivity contribution >= 4 is 5.69 Å². The van der Waals surface area contributed by atoms with Gasteiger partial charge in [-0.15, -0.1) is 0 Å². The topological polar surface area (TPSA) is 61.0 Å². The zero-order valence-corrected chi connectivity index (χ0v) is 12.7. The van der Waals surface area contributed by atoms with Gasteiger partial charge in [-0.1, -0.05) is 20.8 Å². The van der Waals surface area contributed by atoms with Gasteiger partial charge in [0.05, 0.1) is 25.2 Å². The second kappa shape index (κ2) is 5.12. The van der Waals surface area contributed by atoms with Crippen molar-refractivity contribution in [2.24, 2.45) is 0 Å². The van der Waals surface area contributed by atoms with Gasteiger partial charge in [0, 0.05) is 11.1 Å². The molecule has 0 aliphatic heterocycles. The van der Waals surface area contributed by atoms with Crippen LogP contribution in [0.3, 0.4) is 0 Å². The van der Waals surface area contributed by atoms with Crippen molar-refractivity contribution in [3.8, 4) is 17.1 Å². The lowest BCUT2D eigenvalue weighted by Crippen LogP contribution is -2.13. The lowest BCUT2D eigenvalue weighted by Gasteiger charge is -2.23. The van der Waals surface area contributed by atoms with Crippen LogP contribution in [0.4, 0.5) is 5.69 Å². The minimum atomic E-state index is -0.0123. The molecule has 4 nitrogen and oxygen atoms in total. The highest BCUT2D eigenvalue weighted by atomic mass is 16.5. The number of benzene rings is 1. The molecule has 0 atom stereocenters. The molecule has 2 rings (SSSR count). The molecule has 1 aromatic carbocycles. The summed E-state index contributed by atoms with van der Waals surface area (Å²) in [5.41, 5.74) is 9.43. The molecule has 4 heteroatoms. The molecular weight excluding hydrogens is 250 g/mol. The maximum atomic E-state index is 5.64. The van der Waals surface area contributed by atoms with Gasteiger partial charge in [0.15, 0.2) is 5.82 Å². The normalized spacial score (nSPS) is 11.4. The highest BCUT2D eigenvalue weighted by Crippen LogP contribution is 2.36. The summed E-state index contributed by atoms with van der Waals surface area (Å²) in [5, 5.41) is 0. The van der Waals surface area contributed by atoms with Crippen LogP contribution in [-0.2, 0) is 5.41 Å². The Morgan fingerprint density at radius 2 is 1.70 bits per heavy atom. The van der Waals surface area contributed by atoms with Crippen molar-refractivity contribution in [1.82, 2.24) is 9.97 Å². The quantitative estimate of drug-likeness (QED) is 0.910. The first-order valence-corrected chi connectivity index (χ1v) is 6.60. The average molecular weight is 271 g/mol. The Kier molecular flexibility index (Phi) is 3.66. The summed E-state index contributed by atoms with van der Waals surface area (Å²) in [4.78, 5) is 8.62. The van der Waals surface area contributed by atoms with Crippen LogP contribution in [0.1, 0.15) is 31.9 Å². The van der Waals surface area contributed by atoms with Gasteiger partial charge in [-0.05, 0) is 30.0 Å². The number of hydrogen-bond donors (Lipinski definition) is 1. The van der Waals surface area contributed by atoms with Gasteiger partial charge in [-0.2, -0.15) is 0 Å². The van der Waals surface area contributed by atoms with Crippen molar-refractivity contribution in [2.75, 3.05) is 12.8 Å². The summed E-state index contributed by atoms with van der Waals surface area (Å²) < 4.78 is 5.50. The summed E-state index contributed by atoms with van der Waals surface area (Å²) in [6.07, 6.45) is 3.26. The minimum Gasteiger partial charge on any atom is -0.496 e. The molecule has 0 spiro atoms. The monoisotopic (exact) mass is 271 g/mol. The van der Waals surface area contributed by atoms with Gasteiger partial charge < -0.3 is 10.5 Å². The molecule has 0 aliphatic carbocycles. The van der Waals surface area contributed by atoms with Gasteiger partial charge in [-0.25, -0.2) is 9.97 Å². The fourth-order valence-corrected chi connectivity index (χ4v) is 2.15. The number of methoxy groups -OCH3 is 1. The summed E-state index contributed by atoms with van der Waals surface area (Å²) in [6.45, 7) is 8.51. The predicted molar refractivity (Wildman–Crippen MR) is 81.9 cm³/mol. The second-order valence-electron chi connectivity index (χ2n) is 5.96. The van der Waals surface area contributed by atoms with Crippen molar-refractivity contribution < 1.29 is 4.74 Å². The lowest BCUT2D eigenvalue weighted by molar-refractivity contribution is 0.397. The summed E-state index contributed by atoms with van der Waals surface area (Å²) in [6, 6.07) is 4.15. The van der Waals surface area contributed by atoms with Gasteiger partial charge in [0.1, 0.15) is 5.75 Å². The third-order valence-electron chi connectivity index (χ3n) is 3.27. The fourth-order valence-electron chi connectivity index (χ4n) is 2.15. The van der Waals surface area contributed by atoms with Crippen molar-refractivity contribution in [1.29, 1.82) is 0 Å². The molecule has 0 aliphatic rings. The van der Waals surface area contributed by atoms with Crippen LogP contribution >= 0.6 is 0 Å². The van der Waals surface area contributed by atoms with E-state index in [0.29, 0.717) is 11.5 Å². The van der Waals surface area contributed by atoms with Crippen LogP contribution in [0.15, 0.2) is 24.5 Å². The van der Waals surface area contributed by atoms with Gasteiger partial charge in [-0.3, -0.25) is 0 Å². The van der Waals surface area contributed by atoms with E-state index in [2.05, 4.69) is 36.8 Å². The molecule has 1 aromatic heterocycles. The van der Waals surface area contributed by atoms with Gasteiger partial charge in [0.2, 0.25) is 0 Å². The molecule has 2 aromatic rings. The maximum absolute atomic E-state index is 5.64. The van der Waals surface area contributed by atoms with E-state index in [4.69, 9.17) is 10.5 Å². The van der Waals surface area contributed by atoms with E-state index in [9.17, 15) is 0 Å². The molecule has 2 N–H and O–H groups in total. The van der Waals surface area contributed by atoms with Gasteiger partial charge >= 0.3 is 0 Å². The van der Waals surface area contributed by atoms with Crippen LogP contribution in [0.5, 0.6) is 5.75 Å². The SMILES string of the molecule is COc1cc(C)c(-c2ncc(N)cn2)cc1C(C)(C)C. The van der Waals surface area contributed by atoms with Crippen molar-refractivity contribution in [2.45, 2.75) is 33.1 Å². The van der Waals surface area contributed by atoms with E-state index < -0.39 is 0 Å². The third kappa shape index (κ3) is 2.74. The Morgan fingerprint density at radius 3 is 2.20 bits per heavy atom. The molecule has 0 saturated carbocycles. The van der Waals surface area contributed by atoms with E-state index in [1.807, 2.05) is 13.0 Å². The average Bonchev–Trinajstić information content (AvgIpc) is 2.38. The minimum absolute atomic E-state index is 0.0123. The Bertz CT molecular complexity index is 613. The molecule has 1 heterocycles. The lowest BCUT2D eigenvalue weighted by atomic mass is 9.84. The molecule has 0 bridgehead atoms. The smallest absolute Gasteiger partial charge is 0.159 e. The zero-order valence-electron chi connectivity index (χ0n) is 12.7. The zero-order chi connectivity index (χ0) is 14.9. The number of ether oxygens (including phenoxy) is 1. The molecule has 0 unspecified atom stereocenters. The molecule has 106 valence electrons. The number of aryl methyl sites for hydroxylation is 1. The fraction of sp³-hybridized carbons (Fsp3) is 0.375. The summed E-state index contributed by atoms with van der Waals surface area (Å²) >= 11 is 0. The van der Waals surface area contributed by atoms with E-state index in [-0.39, 0.29) is 5.41 Å². The number of nitrogens with two attached hydrogens (primary N) is 1. The number of hydrogen-bond acceptors (Lipinski definition) is 4. The number of rotatable bonds is 2. The van der Waals surface area contributed by atoms with Crippen molar-refractivity contribution in [3.05, 3.63) is 35.7 Å². The molecule has 20 heavy (non-hydrogen) atoms. The first kappa shape index (κ1) is 14.3. The highest BCUT2D eigenvalue weighted by Gasteiger charge is 2.21. The Balaban J connectivity index is 2.62. The molecular formula is C16H21N3O. The van der Waals surface area contributed by atoms with E-state index in [0.717, 1.165) is 22.4 Å². The molecule has 0 saturated heterocycles. The van der Waals surface area contributed by atoms with Crippen LogP contribution < -0.4 is 10.5 Å². The van der Waals surface area contributed by atoms with Crippen LogP contribution in [0.2, 0.25) is 0 Å². The Labute approximate surface area is 120 Å². The summed E-state index contributed by atoms with van der Waals surface area (Å²) in [7, 11) is 1.70. The molecule has 0 fully saturated rings. The third-order valence-corrected chi connectivity index (χ3v) is 3.27. The largest absolute Gasteiger partial charge is 0.496 e. The first-order valence-electron chi connectivity index (χ1n) is 6.60. The van der Waals surface area contributed by atoms with E-state index in [1.54, 1.807) is 19.5 Å². The molecule has 0 amide bonds. The number of anilines is 1. The predicted octanol–water partition coefficient (Wildman–Crippen LogP) is 3.34. The first-order chi connectivity index (χ1) is 9.32. The highest BCUT2D eigenvalue weighted by molar-refractivity contribution is 5.65. The molecule has 0 radical (unpaired) electrons. The van der Waals surface area contributed by atoms with Crippen molar-refractivity contribution in [3.63, 3.8) is 0 Å². The van der Waals surface area contributed by atoms with E-state index >= 15 is 0 Å². The van der Waals surface area contributed by atoms with Crippen LogP contribution in [0, 0.1) is 6.92 Å².